The second-order valence-electron chi connectivity index (χ2n) is 6.26. The maximum atomic E-state index is 12.8. The van der Waals surface area contributed by atoms with Crippen LogP contribution in [0, 0.1) is 0 Å². The van der Waals surface area contributed by atoms with Crippen molar-refractivity contribution in [2.24, 2.45) is 0 Å². The zero-order valence-corrected chi connectivity index (χ0v) is 17.7. The zero-order valence-electron chi connectivity index (χ0n) is 16.1. The van der Waals surface area contributed by atoms with Gasteiger partial charge in [-0.05, 0) is 35.9 Å². The van der Waals surface area contributed by atoms with Crippen LogP contribution in [-0.2, 0) is 4.74 Å². The number of ether oxygens (including phenoxy) is 1. The van der Waals surface area contributed by atoms with E-state index in [0.717, 1.165) is 17.0 Å². The summed E-state index contributed by atoms with van der Waals surface area (Å²) >= 11 is 2.99. The minimum atomic E-state index is -0.496. The molecule has 4 rings (SSSR count). The van der Waals surface area contributed by atoms with Crippen LogP contribution >= 0.6 is 23.1 Å². The molecule has 0 saturated carbocycles. The number of carbonyl (C=O) groups is 2. The van der Waals surface area contributed by atoms with Gasteiger partial charge in [-0.3, -0.25) is 10.1 Å². The summed E-state index contributed by atoms with van der Waals surface area (Å²) in [6.07, 6.45) is 4.64. The molecule has 4 aromatic rings. The number of nitrogens with one attached hydrogen (secondary N) is 1. The lowest BCUT2D eigenvalue weighted by Gasteiger charge is -2.09. The van der Waals surface area contributed by atoms with Gasteiger partial charge in [0.2, 0.25) is 5.78 Å². The van der Waals surface area contributed by atoms with E-state index in [1.54, 1.807) is 40.8 Å². The van der Waals surface area contributed by atoms with Crippen molar-refractivity contribution in [3.05, 3.63) is 70.7 Å². The molecule has 0 bridgehead atoms. The maximum absolute atomic E-state index is 12.8. The Hall–Kier alpha value is -3.17. The number of rotatable bonds is 7. The molecule has 9 heteroatoms. The Kier molecular flexibility index (Phi) is 6.10. The normalized spacial score (nSPS) is 10.8. The smallest absolute Gasteiger partial charge is 0.411 e. The van der Waals surface area contributed by atoms with E-state index in [9.17, 15) is 9.59 Å². The summed E-state index contributed by atoms with van der Waals surface area (Å²) < 4.78 is 6.77. The first-order valence-electron chi connectivity index (χ1n) is 9.11. The summed E-state index contributed by atoms with van der Waals surface area (Å²) in [5.74, 6) is 0.641. The molecule has 0 unspecified atom stereocenters. The van der Waals surface area contributed by atoms with Crippen molar-refractivity contribution in [3.8, 4) is 11.3 Å². The Morgan fingerprint density at radius 3 is 2.93 bits per heavy atom. The molecule has 0 spiro atoms. The van der Waals surface area contributed by atoms with Gasteiger partial charge >= 0.3 is 6.09 Å². The van der Waals surface area contributed by atoms with Crippen LogP contribution in [-0.4, -0.2) is 45.1 Å². The molecule has 0 fully saturated rings. The fourth-order valence-electron chi connectivity index (χ4n) is 2.94. The molecule has 1 amide bonds. The topological polar surface area (TPSA) is 85.6 Å². The quantitative estimate of drug-likeness (QED) is 0.335. The van der Waals surface area contributed by atoms with E-state index in [-0.39, 0.29) is 5.78 Å². The third kappa shape index (κ3) is 4.22. The number of anilines is 1. The second-order valence-corrected chi connectivity index (χ2v) is 8.20. The molecule has 0 aliphatic carbocycles. The number of amides is 1. The number of hydrogen-bond acceptors (Lipinski definition) is 7. The molecular weight excluding hydrogens is 420 g/mol. The molecule has 0 radical (unpaired) electrons. The number of carbonyl (C=O) groups excluding carboxylic acids is 2. The van der Waals surface area contributed by atoms with Crippen LogP contribution in [0.2, 0.25) is 0 Å². The summed E-state index contributed by atoms with van der Waals surface area (Å²) in [6, 6.07) is 12.8. The number of thiophene rings is 1. The molecule has 7 nitrogen and oxygen atoms in total. The molecular formula is C21H18N4O3S2. The predicted molar refractivity (Wildman–Crippen MR) is 120 cm³/mol. The molecule has 152 valence electrons. The lowest BCUT2D eigenvalue weighted by Crippen LogP contribution is -2.15. The highest BCUT2D eigenvalue weighted by molar-refractivity contribution is 7.98. The predicted octanol–water partition coefficient (Wildman–Crippen LogP) is 4.60. The fourth-order valence-corrected chi connectivity index (χ4v) is 3.87. The molecule has 0 atom stereocenters. The van der Waals surface area contributed by atoms with Gasteiger partial charge in [0.15, 0.2) is 5.65 Å². The average Bonchev–Trinajstić information content (AvgIpc) is 3.44. The Labute approximate surface area is 181 Å². The third-order valence-corrected chi connectivity index (χ3v) is 5.76. The van der Waals surface area contributed by atoms with Gasteiger partial charge in [0, 0.05) is 23.2 Å². The Balaban J connectivity index is 1.62. The van der Waals surface area contributed by atoms with Gasteiger partial charge in [0.05, 0.1) is 22.3 Å². The van der Waals surface area contributed by atoms with Crippen molar-refractivity contribution in [1.82, 2.24) is 14.6 Å². The maximum Gasteiger partial charge on any atom is 0.411 e. The van der Waals surface area contributed by atoms with E-state index in [4.69, 9.17) is 4.74 Å². The van der Waals surface area contributed by atoms with Crippen LogP contribution in [0.4, 0.5) is 10.5 Å². The van der Waals surface area contributed by atoms with Gasteiger partial charge < -0.3 is 4.74 Å². The van der Waals surface area contributed by atoms with E-state index in [1.165, 1.54) is 11.3 Å². The van der Waals surface area contributed by atoms with Gasteiger partial charge in [0.25, 0.3) is 0 Å². The molecule has 3 heterocycles. The van der Waals surface area contributed by atoms with Crippen molar-refractivity contribution in [2.45, 2.75) is 0 Å². The number of hydrogen-bond donors (Lipinski definition) is 1. The Morgan fingerprint density at radius 2 is 2.13 bits per heavy atom. The summed E-state index contributed by atoms with van der Waals surface area (Å²) in [7, 11) is 0. The van der Waals surface area contributed by atoms with Crippen LogP contribution in [0.3, 0.4) is 0 Å². The third-order valence-electron chi connectivity index (χ3n) is 4.32. The molecule has 30 heavy (non-hydrogen) atoms. The fraction of sp³-hybridized carbons (Fsp3) is 0.143. The van der Waals surface area contributed by atoms with E-state index in [1.807, 2.05) is 42.0 Å². The summed E-state index contributed by atoms with van der Waals surface area (Å²) in [5.41, 5.74) is 3.12. The van der Waals surface area contributed by atoms with Crippen molar-refractivity contribution in [1.29, 1.82) is 0 Å². The molecule has 0 saturated heterocycles. The molecule has 3 aromatic heterocycles. The highest BCUT2D eigenvalue weighted by Crippen LogP contribution is 2.25. The van der Waals surface area contributed by atoms with Gasteiger partial charge in [-0.1, -0.05) is 18.2 Å². The summed E-state index contributed by atoms with van der Waals surface area (Å²) in [6.45, 7) is 0.353. The average molecular weight is 439 g/mol. The number of benzene rings is 1. The van der Waals surface area contributed by atoms with Crippen LogP contribution in [0.25, 0.3) is 16.9 Å². The van der Waals surface area contributed by atoms with E-state index < -0.39 is 6.09 Å². The minimum absolute atomic E-state index is 0.104. The minimum Gasteiger partial charge on any atom is -0.448 e. The molecule has 1 N–H and O–H groups in total. The van der Waals surface area contributed by atoms with Crippen molar-refractivity contribution >= 4 is 46.3 Å². The number of fused-ring (bicyclic) bond motifs is 1. The van der Waals surface area contributed by atoms with Crippen LogP contribution in [0.5, 0.6) is 0 Å². The highest BCUT2D eigenvalue weighted by Gasteiger charge is 2.18. The first kappa shape index (κ1) is 20.1. The largest absolute Gasteiger partial charge is 0.448 e. The molecule has 0 aliphatic rings. The van der Waals surface area contributed by atoms with Crippen LogP contribution < -0.4 is 5.32 Å². The number of ketones is 1. The lowest BCUT2D eigenvalue weighted by molar-refractivity contribution is 0.104. The summed E-state index contributed by atoms with van der Waals surface area (Å²) in [4.78, 5) is 29.7. The van der Waals surface area contributed by atoms with Gasteiger partial charge in [-0.2, -0.15) is 16.9 Å². The van der Waals surface area contributed by atoms with Crippen molar-refractivity contribution < 1.29 is 14.3 Å². The first-order chi connectivity index (χ1) is 14.7. The van der Waals surface area contributed by atoms with Crippen LogP contribution in [0.15, 0.2) is 60.2 Å². The standard InChI is InChI=1S/C21H18N4O3S2/c1-29-11-9-28-21(27)24-15-5-2-4-14(12-15)17-7-8-22-20-16(13-23-25(17)20)19(26)18-6-3-10-30-18/h2-8,10,12-13H,9,11H2,1H3,(H,24,27). The first-order valence-corrected chi connectivity index (χ1v) is 11.4. The van der Waals surface area contributed by atoms with Gasteiger partial charge in [-0.25, -0.2) is 14.3 Å². The molecule has 1 aromatic carbocycles. The summed E-state index contributed by atoms with van der Waals surface area (Å²) in [5, 5.41) is 8.99. The van der Waals surface area contributed by atoms with Gasteiger partial charge in [-0.15, -0.1) is 11.3 Å². The van der Waals surface area contributed by atoms with Crippen molar-refractivity contribution in [2.75, 3.05) is 23.9 Å². The van der Waals surface area contributed by atoms with Gasteiger partial charge in [0.1, 0.15) is 6.61 Å². The monoisotopic (exact) mass is 438 g/mol. The van der Waals surface area contributed by atoms with Crippen LogP contribution in [0.1, 0.15) is 15.2 Å². The van der Waals surface area contributed by atoms with E-state index >= 15 is 0 Å². The Bertz CT molecular complexity index is 1190. The second kappa shape index (κ2) is 9.10. The number of thioether (sulfide) groups is 1. The van der Waals surface area contributed by atoms with E-state index in [2.05, 4.69) is 15.4 Å². The highest BCUT2D eigenvalue weighted by atomic mass is 32.2. The molecule has 0 aliphatic heterocycles. The SMILES string of the molecule is CSCCOC(=O)Nc1cccc(-c2ccnc3c(C(=O)c4cccs4)cnn23)c1. The zero-order chi connectivity index (χ0) is 20.9. The number of aromatic nitrogens is 3. The lowest BCUT2D eigenvalue weighted by atomic mass is 10.1. The number of nitrogens with zero attached hydrogens (tertiary/aromatic N) is 3. The van der Waals surface area contributed by atoms with E-state index in [0.29, 0.717) is 28.4 Å². The van der Waals surface area contributed by atoms with Crippen molar-refractivity contribution in [3.63, 3.8) is 0 Å². The Morgan fingerprint density at radius 1 is 1.23 bits per heavy atom.